The van der Waals surface area contributed by atoms with Crippen LogP contribution in [-0.4, -0.2) is 63.8 Å². The molecule has 0 spiro atoms. The molecule has 1 atom stereocenters. The molecule has 2 aromatic heterocycles. The second-order valence-corrected chi connectivity index (χ2v) is 8.40. The number of aromatic nitrogens is 4. The molecule has 2 aliphatic rings. The van der Waals surface area contributed by atoms with E-state index in [-0.39, 0.29) is 23.6 Å². The summed E-state index contributed by atoms with van der Waals surface area (Å²) in [6.07, 6.45) is 9.33. The molecular formula is C21H30N8O2. The predicted molar refractivity (Wildman–Crippen MR) is 116 cm³/mol. The van der Waals surface area contributed by atoms with Gasteiger partial charge in [-0.2, -0.15) is 5.10 Å². The molecule has 4 rings (SSSR count). The van der Waals surface area contributed by atoms with Gasteiger partial charge < -0.3 is 21.3 Å². The average Bonchev–Trinajstić information content (AvgIpc) is 3.19. The van der Waals surface area contributed by atoms with Gasteiger partial charge in [-0.05, 0) is 44.3 Å². The Hall–Kier alpha value is -3.01. The quantitative estimate of drug-likeness (QED) is 0.592. The van der Waals surface area contributed by atoms with E-state index in [1.807, 2.05) is 13.2 Å². The summed E-state index contributed by atoms with van der Waals surface area (Å²) in [5.41, 5.74) is 7.18. The second-order valence-electron chi connectivity index (χ2n) is 8.40. The van der Waals surface area contributed by atoms with Crippen LogP contribution in [-0.2, 0) is 18.3 Å². The maximum atomic E-state index is 12.6. The van der Waals surface area contributed by atoms with Gasteiger partial charge in [0, 0.05) is 44.7 Å². The SMILES string of the molecule is Cn1cc(Cc2nc(N3CCCC(NC(=O)C4CCNCC4)C3)cnc2C(N)=O)cn1. The number of nitrogens with two attached hydrogens (primary N) is 1. The minimum atomic E-state index is -0.594. The van der Waals surface area contributed by atoms with E-state index in [0.29, 0.717) is 24.5 Å². The molecule has 2 amide bonds. The van der Waals surface area contributed by atoms with Crippen LogP contribution >= 0.6 is 0 Å². The highest BCUT2D eigenvalue weighted by molar-refractivity contribution is 5.92. The summed E-state index contributed by atoms with van der Waals surface area (Å²) < 4.78 is 1.71. The lowest BCUT2D eigenvalue weighted by atomic mass is 9.96. The number of nitrogens with one attached hydrogen (secondary N) is 2. The van der Waals surface area contributed by atoms with Crippen molar-refractivity contribution in [3.8, 4) is 0 Å². The molecule has 0 saturated carbocycles. The fourth-order valence-corrected chi connectivity index (χ4v) is 4.36. The van der Waals surface area contributed by atoms with Crippen LogP contribution in [0.25, 0.3) is 0 Å². The Balaban J connectivity index is 1.46. The zero-order chi connectivity index (χ0) is 21.8. The Bertz CT molecular complexity index is 937. The van der Waals surface area contributed by atoms with Gasteiger partial charge in [-0.25, -0.2) is 9.97 Å². The minimum Gasteiger partial charge on any atom is -0.364 e. The number of amides is 2. The molecule has 2 fully saturated rings. The number of anilines is 1. The van der Waals surface area contributed by atoms with Gasteiger partial charge in [-0.15, -0.1) is 0 Å². The van der Waals surface area contributed by atoms with Crippen molar-refractivity contribution in [1.82, 2.24) is 30.4 Å². The van der Waals surface area contributed by atoms with E-state index in [4.69, 9.17) is 10.7 Å². The number of carbonyl (C=O) groups excluding carboxylic acids is 2. The Morgan fingerprint density at radius 2 is 2.06 bits per heavy atom. The number of primary amides is 1. The first-order valence-corrected chi connectivity index (χ1v) is 10.9. The standard InChI is InChI=1S/C21H30N8O2/c1-28-12-14(10-25-28)9-17-19(20(22)30)24-11-18(27-17)29-8-2-3-16(13-29)26-21(31)15-4-6-23-7-5-15/h10-12,15-16,23H,2-9,13H2,1H3,(H2,22,30)(H,26,31). The zero-order valence-corrected chi connectivity index (χ0v) is 17.9. The van der Waals surface area contributed by atoms with Gasteiger partial charge in [0.25, 0.3) is 5.91 Å². The van der Waals surface area contributed by atoms with Crippen LogP contribution in [0, 0.1) is 5.92 Å². The van der Waals surface area contributed by atoms with E-state index in [9.17, 15) is 9.59 Å². The summed E-state index contributed by atoms with van der Waals surface area (Å²) in [5, 5.41) is 10.7. The summed E-state index contributed by atoms with van der Waals surface area (Å²) in [6, 6.07) is 0.0792. The van der Waals surface area contributed by atoms with Crippen LogP contribution in [0.5, 0.6) is 0 Å². The van der Waals surface area contributed by atoms with Crippen LogP contribution in [0.2, 0.25) is 0 Å². The van der Waals surface area contributed by atoms with E-state index < -0.39 is 5.91 Å². The number of rotatable bonds is 6. The summed E-state index contributed by atoms with van der Waals surface area (Å²) in [4.78, 5) is 35.7. The van der Waals surface area contributed by atoms with Gasteiger partial charge in [0.15, 0.2) is 0 Å². The summed E-state index contributed by atoms with van der Waals surface area (Å²) in [5.74, 6) is 0.353. The number of aryl methyl sites for hydroxylation is 1. The molecule has 2 aromatic rings. The average molecular weight is 427 g/mol. The largest absolute Gasteiger partial charge is 0.364 e. The maximum Gasteiger partial charge on any atom is 0.269 e. The maximum absolute atomic E-state index is 12.6. The lowest BCUT2D eigenvalue weighted by molar-refractivity contribution is -0.126. The van der Waals surface area contributed by atoms with Gasteiger partial charge in [-0.1, -0.05) is 0 Å². The summed E-state index contributed by atoms with van der Waals surface area (Å²) in [7, 11) is 1.84. The van der Waals surface area contributed by atoms with E-state index in [1.54, 1.807) is 17.1 Å². The molecule has 10 nitrogen and oxygen atoms in total. The van der Waals surface area contributed by atoms with Gasteiger partial charge >= 0.3 is 0 Å². The Morgan fingerprint density at radius 3 is 2.77 bits per heavy atom. The van der Waals surface area contributed by atoms with Crippen molar-refractivity contribution in [2.24, 2.45) is 18.7 Å². The molecule has 0 aliphatic carbocycles. The third-order valence-corrected chi connectivity index (χ3v) is 6.00. The highest BCUT2D eigenvalue weighted by Gasteiger charge is 2.27. The van der Waals surface area contributed by atoms with Gasteiger partial charge in [0.05, 0.1) is 18.1 Å². The smallest absolute Gasteiger partial charge is 0.269 e. The lowest BCUT2D eigenvalue weighted by Gasteiger charge is -2.35. The third-order valence-electron chi connectivity index (χ3n) is 6.00. The molecule has 10 heteroatoms. The summed E-state index contributed by atoms with van der Waals surface area (Å²) >= 11 is 0. The Labute approximate surface area is 181 Å². The Kier molecular flexibility index (Phi) is 6.45. The van der Waals surface area contributed by atoms with E-state index in [2.05, 4.69) is 25.6 Å². The lowest BCUT2D eigenvalue weighted by Crippen LogP contribution is -2.50. The van der Waals surface area contributed by atoms with Crippen molar-refractivity contribution in [2.75, 3.05) is 31.1 Å². The topological polar surface area (TPSA) is 131 Å². The molecule has 31 heavy (non-hydrogen) atoms. The van der Waals surface area contributed by atoms with E-state index in [1.165, 1.54) is 0 Å². The van der Waals surface area contributed by atoms with Crippen molar-refractivity contribution < 1.29 is 9.59 Å². The number of nitrogens with zero attached hydrogens (tertiary/aromatic N) is 5. The predicted octanol–water partition coefficient (Wildman–Crippen LogP) is -0.0156. The van der Waals surface area contributed by atoms with Crippen LogP contribution < -0.4 is 21.3 Å². The first-order chi connectivity index (χ1) is 15.0. The molecule has 4 heterocycles. The molecule has 0 radical (unpaired) electrons. The monoisotopic (exact) mass is 426 g/mol. The van der Waals surface area contributed by atoms with Crippen LogP contribution in [0.4, 0.5) is 5.82 Å². The number of hydrogen-bond donors (Lipinski definition) is 3. The van der Waals surface area contributed by atoms with Crippen molar-refractivity contribution in [1.29, 1.82) is 0 Å². The molecule has 166 valence electrons. The molecule has 0 aromatic carbocycles. The normalized spacial score (nSPS) is 19.9. The van der Waals surface area contributed by atoms with E-state index in [0.717, 1.165) is 50.9 Å². The van der Waals surface area contributed by atoms with Crippen molar-refractivity contribution in [3.05, 3.63) is 35.5 Å². The highest BCUT2D eigenvalue weighted by Crippen LogP contribution is 2.21. The first-order valence-electron chi connectivity index (χ1n) is 10.9. The molecule has 0 bridgehead atoms. The van der Waals surface area contributed by atoms with Crippen LogP contribution in [0.15, 0.2) is 18.6 Å². The minimum absolute atomic E-state index is 0.0792. The molecule has 4 N–H and O–H groups in total. The van der Waals surface area contributed by atoms with Crippen LogP contribution in [0.1, 0.15) is 47.4 Å². The van der Waals surface area contributed by atoms with Crippen molar-refractivity contribution in [3.63, 3.8) is 0 Å². The fourth-order valence-electron chi connectivity index (χ4n) is 4.36. The highest BCUT2D eigenvalue weighted by atomic mass is 16.2. The van der Waals surface area contributed by atoms with Crippen molar-refractivity contribution >= 4 is 17.6 Å². The molecule has 2 saturated heterocycles. The first kappa shape index (κ1) is 21.2. The van der Waals surface area contributed by atoms with Crippen LogP contribution in [0.3, 0.4) is 0 Å². The molecule has 1 unspecified atom stereocenters. The van der Waals surface area contributed by atoms with Gasteiger partial charge in [-0.3, -0.25) is 14.3 Å². The molecule has 2 aliphatic heterocycles. The van der Waals surface area contributed by atoms with E-state index >= 15 is 0 Å². The van der Waals surface area contributed by atoms with Gasteiger partial charge in [0.1, 0.15) is 11.5 Å². The Morgan fingerprint density at radius 1 is 1.26 bits per heavy atom. The fraction of sp³-hybridized carbons (Fsp3) is 0.571. The number of carbonyl (C=O) groups is 2. The summed E-state index contributed by atoms with van der Waals surface area (Å²) in [6.45, 7) is 3.30. The number of hydrogen-bond acceptors (Lipinski definition) is 7. The number of piperidine rings is 2. The van der Waals surface area contributed by atoms with Gasteiger partial charge in [0.2, 0.25) is 5.91 Å². The van der Waals surface area contributed by atoms with Crippen molar-refractivity contribution in [2.45, 2.75) is 38.1 Å². The third kappa shape index (κ3) is 5.19. The zero-order valence-electron chi connectivity index (χ0n) is 17.9. The molecular weight excluding hydrogens is 396 g/mol. The second kappa shape index (κ2) is 9.42.